The zero-order valence-corrected chi connectivity index (χ0v) is 21.1. The number of likely N-dealkylation sites (tertiary alicyclic amines) is 1. The van der Waals surface area contributed by atoms with Crippen LogP contribution in [0.15, 0.2) is 54.7 Å². The van der Waals surface area contributed by atoms with Gasteiger partial charge >= 0.3 is 6.36 Å². The van der Waals surface area contributed by atoms with Gasteiger partial charge in [-0.2, -0.15) is 0 Å². The number of aliphatic hydroxyl groups excluding tert-OH is 1. The number of hydrogen-bond donors (Lipinski definition) is 3. The van der Waals surface area contributed by atoms with Crippen molar-refractivity contribution in [1.29, 1.82) is 0 Å². The normalized spacial score (nSPS) is 20.3. The topological polar surface area (TPSA) is 96.0 Å². The molecule has 5 rings (SSSR count). The highest BCUT2D eigenvalue weighted by Crippen LogP contribution is 2.34. The number of anilines is 2. The lowest BCUT2D eigenvalue weighted by Gasteiger charge is -2.35. The number of hydrogen-bond acceptors (Lipinski definition) is 7. The van der Waals surface area contributed by atoms with Crippen molar-refractivity contribution in [3.05, 3.63) is 71.9 Å². The minimum Gasteiger partial charge on any atom is -0.404 e. The van der Waals surface area contributed by atoms with E-state index in [0.717, 1.165) is 42.8 Å². The third-order valence-electron chi connectivity index (χ3n) is 6.87. The zero-order valence-electron chi connectivity index (χ0n) is 21.1. The van der Waals surface area contributed by atoms with Crippen LogP contribution in [0.5, 0.6) is 5.75 Å². The van der Waals surface area contributed by atoms with E-state index in [1.165, 1.54) is 18.3 Å². The van der Waals surface area contributed by atoms with Gasteiger partial charge in [-0.05, 0) is 55.8 Å². The van der Waals surface area contributed by atoms with Crippen LogP contribution in [0.4, 0.5) is 33.3 Å². The van der Waals surface area contributed by atoms with Crippen LogP contribution in [-0.4, -0.2) is 64.8 Å². The van der Waals surface area contributed by atoms with Crippen LogP contribution in [0.25, 0.3) is 11.3 Å². The molecule has 8 nitrogen and oxygen atoms in total. The number of carbonyl (C=O) groups is 1. The molecule has 13 heteroatoms. The maximum Gasteiger partial charge on any atom is 0.573 e. The van der Waals surface area contributed by atoms with Crippen molar-refractivity contribution in [2.45, 2.75) is 44.1 Å². The molecular formula is C27H25F5N4O4. The van der Waals surface area contributed by atoms with Gasteiger partial charge in [0.15, 0.2) is 5.75 Å². The molecule has 0 spiro atoms. The fraction of sp³-hybridized carbons (Fsp3) is 0.333. The lowest BCUT2D eigenvalue weighted by Crippen LogP contribution is -2.50. The Hall–Kier alpha value is -3.81. The highest BCUT2D eigenvalue weighted by Gasteiger charge is 2.42. The van der Waals surface area contributed by atoms with Gasteiger partial charge in [0.25, 0.3) is 5.91 Å². The number of halogens is 5. The molecule has 3 N–H and O–H groups in total. The van der Waals surface area contributed by atoms with Gasteiger partial charge in [0.2, 0.25) is 0 Å². The maximum atomic E-state index is 13.5. The Kier molecular flexibility index (Phi) is 7.62. The number of ether oxygens (including phenoxy) is 2. The first-order chi connectivity index (χ1) is 18.9. The SMILES string of the molecule is CC(C(O)Nc1cc(C(=O)Nc2ccc(-c3cc(F)cc(F)c3)nc2)ccc1OC(F)(F)F)N1C[C@@H]2C[C@H]1CO2. The van der Waals surface area contributed by atoms with Gasteiger partial charge in [0, 0.05) is 29.8 Å². The number of nitrogens with one attached hydrogen (secondary N) is 2. The second-order valence-electron chi connectivity index (χ2n) is 9.67. The highest BCUT2D eigenvalue weighted by atomic mass is 19.4. The van der Waals surface area contributed by atoms with Gasteiger partial charge < -0.3 is 25.2 Å². The molecule has 3 aromatic rings. The first-order valence-electron chi connectivity index (χ1n) is 12.4. The summed E-state index contributed by atoms with van der Waals surface area (Å²) in [5.41, 5.74) is 0.440. The monoisotopic (exact) mass is 564 g/mol. The molecular weight excluding hydrogens is 539 g/mol. The van der Waals surface area contributed by atoms with E-state index >= 15 is 0 Å². The zero-order chi connectivity index (χ0) is 28.6. The van der Waals surface area contributed by atoms with Crippen molar-refractivity contribution in [2.24, 2.45) is 0 Å². The molecule has 0 saturated carbocycles. The third kappa shape index (κ3) is 6.32. The number of carbonyl (C=O) groups excluding carboxylic acids is 1. The van der Waals surface area contributed by atoms with Gasteiger partial charge in [-0.3, -0.25) is 14.7 Å². The molecule has 2 aliphatic rings. The van der Waals surface area contributed by atoms with Gasteiger partial charge in [-0.25, -0.2) is 8.78 Å². The van der Waals surface area contributed by atoms with Crippen LogP contribution in [0, 0.1) is 11.6 Å². The fourth-order valence-electron chi connectivity index (χ4n) is 4.93. The van der Waals surface area contributed by atoms with Crippen molar-refractivity contribution in [1.82, 2.24) is 9.88 Å². The van der Waals surface area contributed by atoms with E-state index < -0.39 is 41.9 Å². The molecule has 0 radical (unpaired) electrons. The molecule has 2 fully saturated rings. The maximum absolute atomic E-state index is 13.5. The Labute approximate surface area is 225 Å². The molecule has 2 aromatic carbocycles. The van der Waals surface area contributed by atoms with Crippen LogP contribution in [0.3, 0.4) is 0 Å². The number of benzene rings is 2. The van der Waals surface area contributed by atoms with E-state index in [9.17, 15) is 31.9 Å². The van der Waals surface area contributed by atoms with Crippen LogP contribution in [0.2, 0.25) is 0 Å². The Balaban J connectivity index is 1.32. The average molecular weight is 565 g/mol. The predicted octanol–water partition coefficient (Wildman–Crippen LogP) is 4.77. The fourth-order valence-corrected chi connectivity index (χ4v) is 4.93. The number of aromatic nitrogens is 1. The van der Waals surface area contributed by atoms with E-state index in [1.54, 1.807) is 6.92 Å². The van der Waals surface area contributed by atoms with E-state index in [4.69, 9.17) is 4.74 Å². The summed E-state index contributed by atoms with van der Waals surface area (Å²) in [6, 6.07) is 8.78. The molecule has 40 heavy (non-hydrogen) atoms. The summed E-state index contributed by atoms with van der Waals surface area (Å²) < 4.78 is 75.9. The van der Waals surface area contributed by atoms with E-state index in [1.807, 2.05) is 4.90 Å². The number of aliphatic hydroxyl groups is 1. The summed E-state index contributed by atoms with van der Waals surface area (Å²) in [6.45, 7) is 2.86. The van der Waals surface area contributed by atoms with E-state index in [-0.39, 0.29) is 40.3 Å². The van der Waals surface area contributed by atoms with Crippen molar-refractivity contribution in [3.63, 3.8) is 0 Å². The Morgan fingerprint density at radius 2 is 1.90 bits per heavy atom. The molecule has 3 heterocycles. The number of morpholine rings is 1. The number of amides is 1. The smallest absolute Gasteiger partial charge is 0.404 e. The third-order valence-corrected chi connectivity index (χ3v) is 6.87. The van der Waals surface area contributed by atoms with Gasteiger partial charge in [0.05, 0.1) is 42.0 Å². The summed E-state index contributed by atoms with van der Waals surface area (Å²) in [5, 5.41) is 16.0. The molecule has 4 atom stereocenters. The molecule has 1 amide bonds. The first kappa shape index (κ1) is 27.7. The molecule has 0 aliphatic carbocycles. The molecule has 1 aromatic heterocycles. The highest BCUT2D eigenvalue weighted by molar-refractivity contribution is 6.05. The van der Waals surface area contributed by atoms with Crippen LogP contribution >= 0.6 is 0 Å². The Morgan fingerprint density at radius 1 is 1.15 bits per heavy atom. The van der Waals surface area contributed by atoms with Gasteiger partial charge in [-0.15, -0.1) is 13.2 Å². The largest absolute Gasteiger partial charge is 0.573 e. The summed E-state index contributed by atoms with van der Waals surface area (Å²) in [5.74, 6) is -2.82. The number of pyridine rings is 1. The number of alkyl halides is 3. The van der Waals surface area contributed by atoms with Crippen molar-refractivity contribution >= 4 is 17.3 Å². The Morgan fingerprint density at radius 3 is 2.50 bits per heavy atom. The van der Waals surface area contributed by atoms with Gasteiger partial charge in [-0.1, -0.05) is 0 Å². The summed E-state index contributed by atoms with van der Waals surface area (Å²) in [6.07, 6.45) is -4.12. The summed E-state index contributed by atoms with van der Waals surface area (Å²) in [4.78, 5) is 19.0. The number of nitrogens with zero attached hydrogens (tertiary/aromatic N) is 2. The van der Waals surface area contributed by atoms with Gasteiger partial charge in [0.1, 0.15) is 17.9 Å². The van der Waals surface area contributed by atoms with Crippen LogP contribution in [0.1, 0.15) is 23.7 Å². The summed E-state index contributed by atoms with van der Waals surface area (Å²) in [7, 11) is 0. The summed E-state index contributed by atoms with van der Waals surface area (Å²) >= 11 is 0. The molecule has 2 saturated heterocycles. The lowest BCUT2D eigenvalue weighted by molar-refractivity contribution is -0.274. The first-order valence-corrected chi connectivity index (χ1v) is 12.4. The minimum absolute atomic E-state index is 0.0261. The molecule has 2 bridgehead atoms. The quantitative estimate of drug-likeness (QED) is 0.268. The van der Waals surface area contributed by atoms with Crippen LogP contribution in [-0.2, 0) is 4.74 Å². The second-order valence-corrected chi connectivity index (χ2v) is 9.67. The molecule has 2 aliphatic heterocycles. The molecule has 2 unspecified atom stereocenters. The second kappa shape index (κ2) is 11.0. The van der Waals surface area contributed by atoms with Crippen molar-refractivity contribution < 1.29 is 41.3 Å². The number of fused-ring (bicyclic) bond motifs is 2. The molecule has 212 valence electrons. The average Bonchev–Trinajstić information content (AvgIpc) is 3.52. The predicted molar refractivity (Wildman–Crippen MR) is 135 cm³/mol. The van der Waals surface area contributed by atoms with Crippen molar-refractivity contribution in [3.8, 4) is 17.0 Å². The minimum atomic E-state index is -5.00. The Bertz CT molecular complexity index is 1370. The van der Waals surface area contributed by atoms with Crippen molar-refractivity contribution in [2.75, 3.05) is 23.8 Å². The standard InChI is InChI=1S/C27H25F5N4O4/c1-14(36-12-21-10-20(36)13-39-21)25(37)35-23-8-15(2-5-24(23)40-27(30,31)32)26(38)34-19-3-4-22(33-11-19)16-6-17(28)9-18(29)7-16/h2-9,11,14,20-21,25,35,37H,10,12-13H2,1H3,(H,34,38)/t14?,20-,21-,25?/m0/s1. The van der Waals surface area contributed by atoms with Crippen LogP contribution < -0.4 is 15.4 Å². The number of rotatable bonds is 8. The lowest BCUT2D eigenvalue weighted by atomic mass is 10.1. The van der Waals surface area contributed by atoms with E-state index in [0.29, 0.717) is 13.2 Å². The van der Waals surface area contributed by atoms with E-state index in [2.05, 4.69) is 20.4 Å².